The number of carbonyl (C=O) groups is 1. The maximum atomic E-state index is 12.4. The Morgan fingerprint density at radius 3 is 2.66 bits per heavy atom. The number of rotatable bonds is 7. The van der Waals surface area contributed by atoms with Gasteiger partial charge in [-0.25, -0.2) is 0 Å². The lowest BCUT2D eigenvalue weighted by molar-refractivity contribution is -0.385. The van der Waals surface area contributed by atoms with Gasteiger partial charge >= 0.3 is 0 Å². The number of aromatic nitrogens is 1. The second-order valence-corrected chi connectivity index (χ2v) is 7.01. The molecule has 2 aromatic rings. The number of hydrogen-bond donors (Lipinski definition) is 1. The molecule has 1 unspecified atom stereocenters. The Morgan fingerprint density at radius 2 is 1.97 bits per heavy atom. The molecule has 1 atom stereocenters. The first-order chi connectivity index (χ1) is 14.0. The van der Waals surface area contributed by atoms with Crippen LogP contribution < -0.4 is 10.9 Å². The number of morpholine rings is 1. The minimum Gasteiger partial charge on any atom is -0.379 e. The molecule has 1 N–H and O–H groups in total. The van der Waals surface area contributed by atoms with E-state index in [-0.39, 0.29) is 24.8 Å². The van der Waals surface area contributed by atoms with Gasteiger partial charge in [-0.3, -0.25) is 29.2 Å². The van der Waals surface area contributed by atoms with Crippen LogP contribution in [0.1, 0.15) is 11.6 Å². The number of carbonyl (C=O) groups excluding carboxylic acids is 1. The standard InChI is InChI=1S/C19H21ClN4O5/c20-16-4-2-1-3-15(16)17(22-7-9-29-10-8-22)11-21-18(25)13-23-12-14(24(27)28)5-6-19(23)26/h1-6,12,17H,7-11,13H2,(H,21,25). The van der Waals surface area contributed by atoms with Crippen molar-refractivity contribution in [2.45, 2.75) is 12.6 Å². The monoisotopic (exact) mass is 420 g/mol. The van der Waals surface area contributed by atoms with Gasteiger partial charge in [-0.15, -0.1) is 0 Å². The Balaban J connectivity index is 1.71. The minimum absolute atomic E-state index is 0.154. The lowest BCUT2D eigenvalue weighted by atomic mass is 10.0. The first kappa shape index (κ1) is 21.0. The molecule has 1 aliphatic heterocycles. The number of hydrogen-bond acceptors (Lipinski definition) is 6. The molecule has 10 heteroatoms. The number of ether oxygens (including phenoxy) is 1. The zero-order chi connectivity index (χ0) is 20.8. The van der Waals surface area contributed by atoms with E-state index in [1.54, 1.807) is 6.07 Å². The molecule has 29 heavy (non-hydrogen) atoms. The molecule has 0 bridgehead atoms. The summed E-state index contributed by atoms with van der Waals surface area (Å²) in [7, 11) is 0. The molecule has 0 radical (unpaired) electrons. The van der Waals surface area contributed by atoms with Crippen LogP contribution in [0.3, 0.4) is 0 Å². The van der Waals surface area contributed by atoms with E-state index in [0.29, 0.717) is 31.3 Å². The van der Waals surface area contributed by atoms with Crippen LogP contribution in [-0.2, 0) is 16.1 Å². The Labute approximate surface area is 172 Å². The summed E-state index contributed by atoms with van der Waals surface area (Å²) >= 11 is 6.37. The fourth-order valence-corrected chi connectivity index (χ4v) is 3.50. The smallest absolute Gasteiger partial charge is 0.285 e. The second kappa shape index (κ2) is 9.64. The van der Waals surface area contributed by atoms with Crippen LogP contribution in [0.15, 0.2) is 47.4 Å². The quantitative estimate of drug-likeness (QED) is 0.538. The number of halogens is 1. The van der Waals surface area contributed by atoms with Crippen LogP contribution in [0.2, 0.25) is 5.02 Å². The van der Waals surface area contributed by atoms with E-state index in [1.165, 1.54) is 0 Å². The third-order valence-electron chi connectivity index (χ3n) is 4.74. The van der Waals surface area contributed by atoms with Crippen molar-refractivity contribution in [1.82, 2.24) is 14.8 Å². The highest BCUT2D eigenvalue weighted by Crippen LogP contribution is 2.27. The summed E-state index contributed by atoms with van der Waals surface area (Å²) in [5, 5.41) is 14.3. The Morgan fingerprint density at radius 1 is 1.24 bits per heavy atom. The lowest BCUT2D eigenvalue weighted by Gasteiger charge is -2.35. The number of benzene rings is 1. The molecule has 0 spiro atoms. The van der Waals surface area contributed by atoms with Gasteiger partial charge in [-0.05, 0) is 11.6 Å². The molecule has 1 amide bonds. The number of amides is 1. The van der Waals surface area contributed by atoms with E-state index in [0.717, 1.165) is 28.5 Å². The molecule has 1 aliphatic rings. The van der Waals surface area contributed by atoms with Crippen molar-refractivity contribution in [3.63, 3.8) is 0 Å². The number of nitrogens with one attached hydrogen (secondary N) is 1. The molecule has 0 aliphatic carbocycles. The van der Waals surface area contributed by atoms with Gasteiger partial charge < -0.3 is 10.1 Å². The predicted octanol–water partition coefficient (Wildman–Crippen LogP) is 1.60. The summed E-state index contributed by atoms with van der Waals surface area (Å²) in [6.07, 6.45) is 1.06. The molecule has 9 nitrogen and oxygen atoms in total. The van der Waals surface area contributed by atoms with Crippen LogP contribution in [0.4, 0.5) is 5.69 Å². The molecular weight excluding hydrogens is 400 g/mol. The summed E-state index contributed by atoms with van der Waals surface area (Å²) in [6.45, 7) is 2.58. The van der Waals surface area contributed by atoms with Gasteiger partial charge in [0.15, 0.2) is 0 Å². The highest BCUT2D eigenvalue weighted by molar-refractivity contribution is 6.31. The normalized spacial score (nSPS) is 15.6. The Hall–Kier alpha value is -2.75. The van der Waals surface area contributed by atoms with Crippen molar-refractivity contribution in [2.24, 2.45) is 0 Å². The molecule has 1 aromatic heterocycles. The van der Waals surface area contributed by atoms with Gasteiger partial charge in [0.25, 0.3) is 11.2 Å². The molecule has 0 saturated carbocycles. The third kappa shape index (κ3) is 5.41. The van der Waals surface area contributed by atoms with Crippen LogP contribution in [-0.4, -0.2) is 53.1 Å². The molecule has 2 heterocycles. The molecule has 1 aromatic carbocycles. The highest BCUT2D eigenvalue weighted by atomic mass is 35.5. The summed E-state index contributed by atoms with van der Waals surface area (Å²) in [6, 6.07) is 9.48. The summed E-state index contributed by atoms with van der Waals surface area (Å²) in [5.74, 6) is -0.419. The first-order valence-electron chi connectivity index (χ1n) is 9.13. The maximum Gasteiger partial charge on any atom is 0.285 e. The van der Waals surface area contributed by atoms with Crippen molar-refractivity contribution in [3.05, 3.63) is 73.6 Å². The van der Waals surface area contributed by atoms with E-state index >= 15 is 0 Å². The first-order valence-corrected chi connectivity index (χ1v) is 9.51. The highest BCUT2D eigenvalue weighted by Gasteiger charge is 2.25. The van der Waals surface area contributed by atoms with Crippen molar-refractivity contribution in [3.8, 4) is 0 Å². The summed E-state index contributed by atoms with van der Waals surface area (Å²) in [4.78, 5) is 36.8. The Bertz CT molecular complexity index is 942. The van der Waals surface area contributed by atoms with Gasteiger partial charge in [-0.2, -0.15) is 0 Å². The molecule has 154 valence electrons. The van der Waals surface area contributed by atoms with Crippen LogP contribution in [0.25, 0.3) is 0 Å². The molecule has 1 saturated heterocycles. The van der Waals surface area contributed by atoms with E-state index in [2.05, 4.69) is 10.2 Å². The van der Waals surface area contributed by atoms with Crippen LogP contribution >= 0.6 is 11.6 Å². The molecular formula is C19H21ClN4O5. The average molecular weight is 421 g/mol. The van der Waals surface area contributed by atoms with Gasteiger partial charge in [0.2, 0.25) is 5.91 Å². The topological polar surface area (TPSA) is 107 Å². The maximum absolute atomic E-state index is 12.4. The van der Waals surface area contributed by atoms with Gasteiger partial charge in [0.1, 0.15) is 6.54 Å². The number of pyridine rings is 1. The van der Waals surface area contributed by atoms with E-state index < -0.39 is 16.4 Å². The average Bonchev–Trinajstić information content (AvgIpc) is 2.71. The summed E-state index contributed by atoms with van der Waals surface area (Å²) < 4.78 is 6.43. The molecule has 1 fully saturated rings. The fraction of sp³-hybridized carbons (Fsp3) is 0.368. The predicted molar refractivity (Wildman–Crippen MR) is 107 cm³/mol. The van der Waals surface area contributed by atoms with Crippen molar-refractivity contribution in [1.29, 1.82) is 0 Å². The Kier molecular flexibility index (Phi) is 6.97. The molecule has 3 rings (SSSR count). The zero-order valence-electron chi connectivity index (χ0n) is 15.6. The lowest BCUT2D eigenvalue weighted by Crippen LogP contribution is -2.44. The summed E-state index contributed by atoms with van der Waals surface area (Å²) in [5.41, 5.74) is 0.158. The number of nitrogens with zero attached hydrogens (tertiary/aromatic N) is 3. The van der Waals surface area contributed by atoms with Gasteiger partial charge in [0.05, 0.1) is 30.4 Å². The van der Waals surface area contributed by atoms with Gasteiger partial charge in [0, 0.05) is 36.8 Å². The SMILES string of the molecule is O=C(Cn1cc([N+](=O)[O-])ccc1=O)NCC(c1ccccc1Cl)N1CCOCC1. The van der Waals surface area contributed by atoms with E-state index in [4.69, 9.17) is 16.3 Å². The van der Waals surface area contributed by atoms with Gasteiger partial charge in [-0.1, -0.05) is 29.8 Å². The van der Waals surface area contributed by atoms with Crippen molar-refractivity contribution < 1.29 is 14.5 Å². The zero-order valence-corrected chi connectivity index (χ0v) is 16.4. The fourth-order valence-electron chi connectivity index (χ4n) is 3.24. The third-order valence-corrected chi connectivity index (χ3v) is 5.08. The van der Waals surface area contributed by atoms with Crippen LogP contribution in [0.5, 0.6) is 0 Å². The largest absolute Gasteiger partial charge is 0.379 e. The van der Waals surface area contributed by atoms with E-state index in [1.807, 2.05) is 18.2 Å². The second-order valence-electron chi connectivity index (χ2n) is 6.60. The number of nitro groups is 1. The minimum atomic E-state index is -0.611. The van der Waals surface area contributed by atoms with Crippen molar-refractivity contribution in [2.75, 3.05) is 32.8 Å². The van der Waals surface area contributed by atoms with Crippen molar-refractivity contribution >= 4 is 23.2 Å². The van der Waals surface area contributed by atoms with E-state index in [9.17, 15) is 19.7 Å². The van der Waals surface area contributed by atoms with Crippen LogP contribution in [0, 0.1) is 10.1 Å².